The molecular formula is C11H4F4N4O. The molecule has 0 fully saturated rings. The van der Waals surface area contributed by atoms with Crippen LogP contribution in [0.15, 0.2) is 11.8 Å². The Morgan fingerprint density at radius 2 is 1.50 bits per heavy atom. The van der Waals surface area contributed by atoms with Crippen molar-refractivity contribution in [1.82, 2.24) is 0 Å². The second-order valence-corrected chi connectivity index (χ2v) is 3.30. The van der Waals surface area contributed by atoms with Gasteiger partial charge in [-0.3, -0.25) is 4.79 Å². The van der Waals surface area contributed by atoms with Gasteiger partial charge in [0.15, 0.2) is 23.3 Å². The SMILES string of the molecule is N#CC(C#N)=CNc1c(F)c(F)c(C(N)=O)c(F)c1F. The first-order valence-electron chi connectivity index (χ1n) is 4.77. The van der Waals surface area contributed by atoms with E-state index in [1.807, 2.05) is 0 Å². The number of allylic oxidation sites excluding steroid dienone is 1. The third-order valence-corrected chi connectivity index (χ3v) is 2.11. The van der Waals surface area contributed by atoms with Crippen LogP contribution in [0.4, 0.5) is 23.2 Å². The molecule has 0 heterocycles. The summed E-state index contributed by atoms with van der Waals surface area (Å²) in [6.45, 7) is 0. The number of primary amides is 1. The van der Waals surface area contributed by atoms with E-state index in [2.05, 4.69) is 5.73 Å². The maximum Gasteiger partial charge on any atom is 0.254 e. The molecule has 1 aromatic rings. The first-order chi connectivity index (χ1) is 9.34. The molecule has 0 spiro atoms. The van der Waals surface area contributed by atoms with Gasteiger partial charge in [0.25, 0.3) is 5.91 Å². The monoisotopic (exact) mass is 284 g/mol. The second-order valence-electron chi connectivity index (χ2n) is 3.30. The van der Waals surface area contributed by atoms with Gasteiger partial charge in [-0.25, -0.2) is 17.6 Å². The van der Waals surface area contributed by atoms with Crippen molar-refractivity contribution >= 4 is 11.6 Å². The van der Waals surface area contributed by atoms with Gasteiger partial charge in [-0.05, 0) is 0 Å². The summed E-state index contributed by atoms with van der Waals surface area (Å²) in [6.07, 6.45) is 0.546. The predicted octanol–water partition coefficient (Wildman–Crippen LogP) is 1.68. The lowest BCUT2D eigenvalue weighted by molar-refractivity contribution is 0.0990. The molecule has 0 saturated heterocycles. The van der Waals surface area contributed by atoms with Crippen molar-refractivity contribution in [1.29, 1.82) is 10.5 Å². The Morgan fingerprint density at radius 1 is 1.05 bits per heavy atom. The standard InChI is InChI=1S/C11H4F4N4O/c12-6-5(11(18)20)7(13)9(15)10(8(6)14)19-3-4(1-16)2-17/h3,19H,(H2,18,20). The van der Waals surface area contributed by atoms with Crippen molar-refractivity contribution in [2.45, 2.75) is 0 Å². The van der Waals surface area contributed by atoms with Crippen LogP contribution in [0.1, 0.15) is 10.4 Å². The fourth-order valence-electron chi connectivity index (χ4n) is 1.21. The largest absolute Gasteiger partial charge is 0.365 e. The molecule has 0 unspecified atom stereocenters. The van der Waals surface area contributed by atoms with Gasteiger partial charge in [-0.2, -0.15) is 10.5 Å². The summed E-state index contributed by atoms with van der Waals surface area (Å²) < 4.78 is 53.7. The van der Waals surface area contributed by atoms with E-state index in [9.17, 15) is 22.4 Å². The van der Waals surface area contributed by atoms with E-state index in [0.29, 0.717) is 6.20 Å². The van der Waals surface area contributed by atoms with E-state index in [0.717, 1.165) is 0 Å². The van der Waals surface area contributed by atoms with E-state index in [-0.39, 0.29) is 0 Å². The molecule has 0 radical (unpaired) electrons. The highest BCUT2D eigenvalue weighted by molar-refractivity contribution is 5.94. The molecule has 5 nitrogen and oxygen atoms in total. The smallest absolute Gasteiger partial charge is 0.254 e. The molecule has 0 atom stereocenters. The molecule has 9 heteroatoms. The van der Waals surface area contributed by atoms with Gasteiger partial charge in [-0.1, -0.05) is 0 Å². The molecule has 1 aromatic carbocycles. The molecule has 0 aliphatic carbocycles. The molecule has 0 aliphatic heterocycles. The molecule has 1 rings (SSSR count). The summed E-state index contributed by atoms with van der Waals surface area (Å²) in [7, 11) is 0. The van der Waals surface area contributed by atoms with Gasteiger partial charge in [-0.15, -0.1) is 0 Å². The average Bonchev–Trinajstić information content (AvgIpc) is 2.40. The highest BCUT2D eigenvalue weighted by Crippen LogP contribution is 2.28. The minimum absolute atomic E-state index is 0.546. The molecule has 0 aliphatic rings. The number of carbonyl (C=O) groups is 1. The maximum absolute atomic E-state index is 13.5. The Kier molecular flexibility index (Phi) is 4.28. The number of amides is 1. The van der Waals surface area contributed by atoms with E-state index >= 15 is 0 Å². The summed E-state index contributed by atoms with van der Waals surface area (Å²) in [4.78, 5) is 10.7. The number of benzene rings is 1. The van der Waals surface area contributed by atoms with Gasteiger partial charge >= 0.3 is 0 Å². The number of nitrogens with one attached hydrogen (secondary N) is 1. The van der Waals surface area contributed by atoms with Crippen LogP contribution in [-0.4, -0.2) is 5.91 Å². The second kappa shape index (κ2) is 5.71. The number of nitriles is 2. The molecule has 3 N–H and O–H groups in total. The maximum atomic E-state index is 13.5. The molecule has 0 saturated carbocycles. The summed E-state index contributed by atoms with van der Waals surface area (Å²) in [5.74, 6) is -9.48. The number of nitrogens with zero attached hydrogens (tertiary/aromatic N) is 2. The average molecular weight is 284 g/mol. The zero-order valence-electron chi connectivity index (χ0n) is 9.47. The minimum atomic E-state index is -1.98. The number of hydrogen-bond acceptors (Lipinski definition) is 4. The highest BCUT2D eigenvalue weighted by Gasteiger charge is 2.27. The van der Waals surface area contributed by atoms with Crippen molar-refractivity contribution in [3.05, 3.63) is 40.6 Å². The van der Waals surface area contributed by atoms with Gasteiger partial charge < -0.3 is 11.1 Å². The van der Waals surface area contributed by atoms with Crippen molar-refractivity contribution in [2.24, 2.45) is 5.73 Å². The number of halogens is 4. The van der Waals surface area contributed by atoms with Gasteiger partial charge in [0.05, 0.1) is 0 Å². The summed E-state index contributed by atoms with van der Waals surface area (Å²) in [5, 5.41) is 18.5. The van der Waals surface area contributed by atoms with Gasteiger partial charge in [0.2, 0.25) is 0 Å². The first kappa shape index (κ1) is 15.0. The van der Waals surface area contributed by atoms with Gasteiger partial charge in [0.1, 0.15) is 29.0 Å². The Hall–Kier alpha value is -3.07. The number of nitrogens with two attached hydrogens (primary N) is 1. The first-order valence-corrected chi connectivity index (χ1v) is 4.77. The lowest BCUT2D eigenvalue weighted by Crippen LogP contribution is -2.19. The van der Waals surface area contributed by atoms with Crippen molar-refractivity contribution < 1.29 is 22.4 Å². The zero-order valence-corrected chi connectivity index (χ0v) is 9.47. The molecule has 0 aromatic heterocycles. The topological polar surface area (TPSA) is 103 Å². The number of hydrogen-bond donors (Lipinski definition) is 2. The minimum Gasteiger partial charge on any atom is -0.365 e. The van der Waals surface area contributed by atoms with Crippen LogP contribution in [0.2, 0.25) is 0 Å². The van der Waals surface area contributed by atoms with Crippen LogP contribution in [0.5, 0.6) is 0 Å². The van der Waals surface area contributed by atoms with E-state index < -0.39 is 46.0 Å². The Labute approximate surface area is 109 Å². The zero-order chi connectivity index (χ0) is 15.4. The quantitative estimate of drug-likeness (QED) is 0.500. The summed E-state index contributed by atoms with van der Waals surface area (Å²) in [6, 6.07) is 2.70. The lowest BCUT2D eigenvalue weighted by Gasteiger charge is -2.09. The van der Waals surface area contributed by atoms with Crippen LogP contribution >= 0.6 is 0 Å². The number of anilines is 1. The van der Waals surface area contributed by atoms with E-state index in [4.69, 9.17) is 10.5 Å². The van der Waals surface area contributed by atoms with Gasteiger partial charge in [0, 0.05) is 6.20 Å². The molecule has 1 amide bonds. The molecule has 0 bridgehead atoms. The molecular weight excluding hydrogens is 280 g/mol. The summed E-state index contributed by atoms with van der Waals surface area (Å²) >= 11 is 0. The van der Waals surface area contributed by atoms with E-state index in [1.165, 1.54) is 12.1 Å². The lowest BCUT2D eigenvalue weighted by atomic mass is 10.1. The Morgan fingerprint density at radius 3 is 1.85 bits per heavy atom. The van der Waals surface area contributed by atoms with Crippen LogP contribution < -0.4 is 11.1 Å². The third-order valence-electron chi connectivity index (χ3n) is 2.11. The highest BCUT2D eigenvalue weighted by atomic mass is 19.2. The number of rotatable bonds is 3. The fourth-order valence-corrected chi connectivity index (χ4v) is 1.21. The van der Waals surface area contributed by atoms with Crippen LogP contribution in [0.3, 0.4) is 0 Å². The van der Waals surface area contributed by atoms with Crippen molar-refractivity contribution in [2.75, 3.05) is 5.32 Å². The van der Waals surface area contributed by atoms with E-state index in [1.54, 1.807) is 5.32 Å². The Balaban J connectivity index is 3.46. The predicted molar refractivity (Wildman–Crippen MR) is 57.7 cm³/mol. The van der Waals surface area contributed by atoms with Crippen LogP contribution in [0, 0.1) is 45.9 Å². The fraction of sp³-hybridized carbons (Fsp3) is 0. The molecule has 20 heavy (non-hydrogen) atoms. The molecule has 102 valence electrons. The third kappa shape index (κ3) is 2.52. The van der Waals surface area contributed by atoms with Crippen LogP contribution in [-0.2, 0) is 0 Å². The van der Waals surface area contributed by atoms with Crippen molar-refractivity contribution in [3.63, 3.8) is 0 Å². The normalized spacial score (nSPS) is 9.30. The van der Waals surface area contributed by atoms with Crippen LogP contribution in [0.25, 0.3) is 0 Å². The Bertz CT molecular complexity index is 655. The van der Waals surface area contributed by atoms with Crippen molar-refractivity contribution in [3.8, 4) is 12.1 Å². The summed E-state index contributed by atoms with van der Waals surface area (Å²) in [5.41, 5.74) is 1.15. The number of carbonyl (C=O) groups excluding carboxylic acids is 1.